The van der Waals surface area contributed by atoms with Crippen molar-refractivity contribution in [2.75, 3.05) is 5.32 Å². The Kier molecular flexibility index (Phi) is 3.50. The first-order chi connectivity index (χ1) is 12.6. The van der Waals surface area contributed by atoms with Gasteiger partial charge < -0.3 is 5.32 Å². The lowest BCUT2D eigenvalue weighted by molar-refractivity contribution is -0.116. The number of nitrogens with zero attached hydrogens (tertiary/aromatic N) is 1. The van der Waals surface area contributed by atoms with Crippen LogP contribution in [0.2, 0.25) is 0 Å². The smallest absolute Gasteiger partial charge is 0.161 e. The molecule has 1 aromatic carbocycles. The molecule has 1 aliphatic heterocycles. The first kappa shape index (κ1) is 15.8. The maximum absolute atomic E-state index is 12.9. The second-order valence-corrected chi connectivity index (χ2v) is 8.19. The summed E-state index contributed by atoms with van der Waals surface area (Å²) in [5, 5.41) is 6.86. The molecule has 0 saturated heterocycles. The quantitative estimate of drug-likeness (QED) is 0.625. The number of nitrogens with one attached hydrogen (secondary N) is 1. The zero-order valence-corrected chi connectivity index (χ0v) is 15.7. The topological polar surface area (TPSA) is 42.0 Å². The third-order valence-electron chi connectivity index (χ3n) is 5.54. The molecule has 0 amide bonds. The Hall–Kier alpha value is -2.46. The number of benzene rings is 1. The van der Waals surface area contributed by atoms with E-state index in [-0.39, 0.29) is 5.92 Å². The summed E-state index contributed by atoms with van der Waals surface area (Å²) in [6.45, 7) is 4.16. The number of carbonyl (C=O) groups is 1. The van der Waals surface area contributed by atoms with Gasteiger partial charge >= 0.3 is 0 Å². The van der Waals surface area contributed by atoms with Gasteiger partial charge in [0, 0.05) is 39.3 Å². The second-order valence-electron chi connectivity index (χ2n) is 7.24. The number of rotatable bonds is 1. The molecule has 2 aliphatic rings. The van der Waals surface area contributed by atoms with Crippen LogP contribution >= 0.6 is 11.3 Å². The number of fused-ring (bicyclic) bond motifs is 3. The normalized spacial score (nSPS) is 19.3. The van der Waals surface area contributed by atoms with Gasteiger partial charge in [-0.25, -0.2) is 0 Å². The first-order valence-corrected chi connectivity index (χ1v) is 9.99. The number of hydrogen-bond donors (Lipinski definition) is 1. The number of anilines is 1. The Morgan fingerprint density at radius 1 is 1.12 bits per heavy atom. The Labute approximate surface area is 156 Å². The van der Waals surface area contributed by atoms with E-state index in [9.17, 15) is 4.79 Å². The summed E-state index contributed by atoms with van der Waals surface area (Å²) in [6, 6.07) is 10.6. The van der Waals surface area contributed by atoms with Crippen LogP contribution in [0.5, 0.6) is 0 Å². The fourth-order valence-electron chi connectivity index (χ4n) is 4.33. The van der Waals surface area contributed by atoms with Gasteiger partial charge in [0.15, 0.2) is 5.78 Å². The average Bonchev–Trinajstić information content (AvgIpc) is 3.05. The van der Waals surface area contributed by atoms with E-state index in [1.165, 1.54) is 16.0 Å². The van der Waals surface area contributed by atoms with E-state index < -0.39 is 0 Å². The van der Waals surface area contributed by atoms with Crippen LogP contribution in [0.1, 0.15) is 46.9 Å². The van der Waals surface area contributed by atoms with Gasteiger partial charge in [-0.05, 0) is 67.5 Å². The molecule has 5 rings (SSSR count). The van der Waals surface area contributed by atoms with E-state index in [4.69, 9.17) is 4.98 Å². The van der Waals surface area contributed by atoms with Crippen LogP contribution in [0.15, 0.2) is 47.0 Å². The Morgan fingerprint density at radius 3 is 2.81 bits per heavy atom. The number of aromatic nitrogens is 1. The minimum Gasteiger partial charge on any atom is -0.358 e. The highest BCUT2D eigenvalue weighted by atomic mass is 32.1. The summed E-state index contributed by atoms with van der Waals surface area (Å²) < 4.78 is 0. The molecule has 0 bridgehead atoms. The van der Waals surface area contributed by atoms with Crippen LogP contribution in [0, 0.1) is 13.8 Å². The summed E-state index contributed by atoms with van der Waals surface area (Å²) in [5.74, 6) is 0.307. The van der Waals surface area contributed by atoms with Crippen LogP contribution in [0.3, 0.4) is 0 Å². The molecule has 0 spiro atoms. The molecule has 0 unspecified atom stereocenters. The van der Waals surface area contributed by atoms with Crippen molar-refractivity contribution >= 4 is 33.7 Å². The first-order valence-electron chi connectivity index (χ1n) is 9.11. The van der Waals surface area contributed by atoms with Gasteiger partial charge in [0.25, 0.3) is 0 Å². The van der Waals surface area contributed by atoms with Crippen LogP contribution < -0.4 is 5.32 Å². The largest absolute Gasteiger partial charge is 0.358 e. The van der Waals surface area contributed by atoms with Crippen molar-refractivity contribution in [1.82, 2.24) is 4.98 Å². The highest BCUT2D eigenvalue weighted by Gasteiger charge is 2.37. The van der Waals surface area contributed by atoms with Crippen molar-refractivity contribution in [2.24, 2.45) is 0 Å². The Bertz CT molecular complexity index is 1090. The van der Waals surface area contributed by atoms with Gasteiger partial charge in [-0.2, -0.15) is 0 Å². The van der Waals surface area contributed by atoms with Crippen LogP contribution in [0.4, 0.5) is 5.69 Å². The highest BCUT2D eigenvalue weighted by Crippen LogP contribution is 2.49. The van der Waals surface area contributed by atoms with E-state index in [2.05, 4.69) is 48.0 Å². The fraction of sp³-hybridized carbons (Fsp3) is 0.273. The number of aryl methyl sites for hydroxylation is 2. The SMILES string of the molecule is Cc1ccc2c3c(ccc2n1)NC1=C(C(=O)CCC1)[C@H]3c1sccc1C. The monoisotopic (exact) mass is 360 g/mol. The summed E-state index contributed by atoms with van der Waals surface area (Å²) >= 11 is 1.75. The summed E-state index contributed by atoms with van der Waals surface area (Å²) in [5.41, 5.74) is 7.68. The van der Waals surface area contributed by atoms with Gasteiger partial charge in [-0.15, -0.1) is 11.3 Å². The van der Waals surface area contributed by atoms with E-state index in [0.717, 1.165) is 46.4 Å². The molecule has 0 fully saturated rings. The summed E-state index contributed by atoms with van der Waals surface area (Å²) in [7, 11) is 0. The number of allylic oxidation sites excluding steroid dienone is 2. The fourth-order valence-corrected chi connectivity index (χ4v) is 5.37. The molecular formula is C22H20N2OS. The lowest BCUT2D eigenvalue weighted by atomic mass is 9.76. The predicted molar refractivity (Wildman–Crippen MR) is 107 cm³/mol. The number of ketones is 1. The van der Waals surface area contributed by atoms with Crippen molar-refractivity contribution < 1.29 is 4.79 Å². The van der Waals surface area contributed by atoms with E-state index in [0.29, 0.717) is 12.2 Å². The molecule has 1 atom stereocenters. The van der Waals surface area contributed by atoms with Crippen molar-refractivity contribution in [3.63, 3.8) is 0 Å². The van der Waals surface area contributed by atoms with Crippen molar-refractivity contribution in [1.29, 1.82) is 0 Å². The van der Waals surface area contributed by atoms with Gasteiger partial charge in [0.2, 0.25) is 0 Å². The lowest BCUT2D eigenvalue weighted by Gasteiger charge is -2.34. The third-order valence-corrected chi connectivity index (χ3v) is 6.62. The van der Waals surface area contributed by atoms with Crippen molar-refractivity contribution in [3.05, 3.63) is 68.7 Å². The molecule has 2 aromatic heterocycles. The van der Waals surface area contributed by atoms with E-state index in [1.54, 1.807) is 11.3 Å². The number of pyridine rings is 1. The van der Waals surface area contributed by atoms with E-state index >= 15 is 0 Å². The van der Waals surface area contributed by atoms with Gasteiger partial charge in [0.05, 0.1) is 11.4 Å². The zero-order valence-electron chi connectivity index (χ0n) is 14.9. The molecular weight excluding hydrogens is 340 g/mol. The zero-order chi connectivity index (χ0) is 17.8. The minimum absolute atomic E-state index is 0.0160. The third kappa shape index (κ3) is 2.25. The Morgan fingerprint density at radius 2 is 2.00 bits per heavy atom. The number of thiophene rings is 1. The van der Waals surface area contributed by atoms with Crippen LogP contribution in [0.25, 0.3) is 10.9 Å². The number of hydrogen-bond acceptors (Lipinski definition) is 4. The van der Waals surface area contributed by atoms with Gasteiger partial charge in [0.1, 0.15) is 0 Å². The van der Waals surface area contributed by atoms with Crippen LogP contribution in [-0.4, -0.2) is 10.8 Å². The van der Waals surface area contributed by atoms with Crippen molar-refractivity contribution in [2.45, 2.75) is 39.0 Å². The van der Waals surface area contributed by atoms with Crippen molar-refractivity contribution in [3.8, 4) is 0 Å². The molecule has 3 nitrogen and oxygen atoms in total. The molecule has 26 heavy (non-hydrogen) atoms. The lowest BCUT2D eigenvalue weighted by Crippen LogP contribution is -2.27. The average molecular weight is 360 g/mol. The van der Waals surface area contributed by atoms with Crippen LogP contribution in [-0.2, 0) is 4.79 Å². The molecule has 3 heterocycles. The molecule has 130 valence electrons. The second kappa shape index (κ2) is 5.78. The number of carbonyl (C=O) groups excluding carboxylic acids is 1. The summed E-state index contributed by atoms with van der Waals surface area (Å²) in [4.78, 5) is 18.9. The molecule has 0 radical (unpaired) electrons. The molecule has 3 aromatic rings. The maximum Gasteiger partial charge on any atom is 0.161 e. The van der Waals surface area contributed by atoms with E-state index in [1.807, 2.05) is 6.92 Å². The minimum atomic E-state index is 0.0160. The summed E-state index contributed by atoms with van der Waals surface area (Å²) in [6.07, 6.45) is 2.54. The molecule has 4 heteroatoms. The van der Waals surface area contributed by atoms with Gasteiger partial charge in [-0.3, -0.25) is 9.78 Å². The number of Topliss-reactive ketones (excluding diaryl/α,β-unsaturated/α-hetero) is 1. The standard InChI is InChI=1S/C22H20N2OS/c1-12-10-11-26-22(12)21-19-14-7-6-13(2)23-15(14)8-9-17(19)24-16-4-3-5-18(25)20(16)21/h6-11,21,24H,3-5H2,1-2H3/t21-/m0/s1. The maximum atomic E-state index is 12.9. The highest BCUT2D eigenvalue weighted by molar-refractivity contribution is 7.10. The molecule has 0 saturated carbocycles. The molecule has 1 N–H and O–H groups in total. The Balaban J connectivity index is 1.85. The predicted octanol–water partition coefficient (Wildman–Crippen LogP) is 5.48. The van der Waals surface area contributed by atoms with Gasteiger partial charge in [-0.1, -0.05) is 6.07 Å². The molecule has 1 aliphatic carbocycles.